The van der Waals surface area contributed by atoms with Crippen LogP contribution in [0.2, 0.25) is 10.0 Å². The smallest absolute Gasteiger partial charge is 0.294 e. The van der Waals surface area contributed by atoms with Gasteiger partial charge in [0.1, 0.15) is 5.69 Å². The van der Waals surface area contributed by atoms with Crippen molar-refractivity contribution in [2.45, 2.75) is 0 Å². The summed E-state index contributed by atoms with van der Waals surface area (Å²) in [5.41, 5.74) is 0.942. The average Bonchev–Trinajstić information content (AvgIpc) is 2.64. The van der Waals surface area contributed by atoms with E-state index < -0.39 is 4.92 Å². The summed E-state index contributed by atoms with van der Waals surface area (Å²) in [6, 6.07) is 11.9. The molecule has 7 nitrogen and oxygen atoms in total. The highest BCUT2D eigenvalue weighted by atomic mass is 35.5. The SMILES string of the molecule is O=C(C[NH+]1CCN(c2ccccc2Cl)CC1)Nc1ccc(Cl)cc1[N+](=O)[O-]. The van der Waals surface area contributed by atoms with E-state index in [9.17, 15) is 14.9 Å². The molecule has 1 aliphatic rings. The Hall–Kier alpha value is -2.35. The summed E-state index contributed by atoms with van der Waals surface area (Å²) in [4.78, 5) is 26.2. The Bertz CT molecular complexity index is 854. The second-order valence-corrected chi connectivity index (χ2v) is 7.18. The number of halogens is 2. The molecule has 1 fully saturated rings. The van der Waals surface area contributed by atoms with Crippen LogP contribution in [0.15, 0.2) is 42.5 Å². The van der Waals surface area contributed by atoms with Gasteiger partial charge in [-0.2, -0.15) is 0 Å². The van der Waals surface area contributed by atoms with Gasteiger partial charge in [0.25, 0.3) is 11.6 Å². The van der Waals surface area contributed by atoms with E-state index in [0.717, 1.165) is 36.8 Å². The molecule has 0 unspecified atom stereocenters. The standard InChI is InChI=1S/C18H18Cl2N4O3/c19-13-5-6-15(17(11-13)24(26)27)21-18(25)12-22-7-9-23(10-8-22)16-4-2-1-3-14(16)20/h1-6,11H,7-10,12H2,(H,21,25)/p+1. The van der Waals surface area contributed by atoms with Crippen molar-refractivity contribution in [3.63, 3.8) is 0 Å². The van der Waals surface area contributed by atoms with Crippen LogP contribution in [0.1, 0.15) is 0 Å². The molecule has 9 heteroatoms. The predicted molar refractivity (Wildman–Crippen MR) is 106 cm³/mol. The molecule has 2 N–H and O–H groups in total. The number of carbonyl (C=O) groups is 1. The highest BCUT2D eigenvalue weighted by Gasteiger charge is 2.24. The minimum atomic E-state index is -0.559. The van der Waals surface area contributed by atoms with Crippen molar-refractivity contribution in [3.05, 3.63) is 62.6 Å². The van der Waals surface area contributed by atoms with Crippen LogP contribution in [0.3, 0.4) is 0 Å². The number of nitrogens with zero attached hydrogens (tertiary/aromatic N) is 2. The number of nitro benzene ring substituents is 1. The third-order valence-electron chi connectivity index (χ3n) is 4.50. The molecule has 2 aromatic carbocycles. The van der Waals surface area contributed by atoms with Crippen molar-refractivity contribution in [1.82, 2.24) is 0 Å². The second-order valence-electron chi connectivity index (χ2n) is 6.33. The van der Waals surface area contributed by atoms with Crippen LogP contribution >= 0.6 is 23.2 Å². The maximum absolute atomic E-state index is 12.3. The number of quaternary nitrogens is 1. The molecule has 0 bridgehead atoms. The summed E-state index contributed by atoms with van der Waals surface area (Å²) in [6.45, 7) is 3.37. The van der Waals surface area contributed by atoms with Crippen LogP contribution in [0.25, 0.3) is 0 Å². The van der Waals surface area contributed by atoms with Gasteiger partial charge in [0.15, 0.2) is 6.54 Å². The van der Waals surface area contributed by atoms with E-state index in [1.54, 1.807) is 0 Å². The number of anilines is 2. The van der Waals surface area contributed by atoms with E-state index in [4.69, 9.17) is 23.2 Å². The largest absolute Gasteiger partial charge is 0.359 e. The summed E-state index contributed by atoms with van der Waals surface area (Å²) >= 11 is 12.0. The Morgan fingerprint density at radius 1 is 1.19 bits per heavy atom. The van der Waals surface area contributed by atoms with E-state index in [1.165, 1.54) is 18.2 Å². The number of nitrogens with one attached hydrogen (secondary N) is 2. The topological polar surface area (TPSA) is 79.9 Å². The Kier molecular flexibility index (Phi) is 6.15. The molecule has 1 aliphatic heterocycles. The lowest BCUT2D eigenvalue weighted by Crippen LogP contribution is -3.15. The number of carbonyl (C=O) groups excluding carboxylic acids is 1. The van der Waals surface area contributed by atoms with Gasteiger partial charge in [0.05, 0.1) is 41.8 Å². The van der Waals surface area contributed by atoms with E-state index in [0.29, 0.717) is 5.02 Å². The maximum atomic E-state index is 12.3. The van der Waals surface area contributed by atoms with Gasteiger partial charge in [-0.05, 0) is 24.3 Å². The highest BCUT2D eigenvalue weighted by molar-refractivity contribution is 6.33. The second kappa shape index (κ2) is 8.56. The molecule has 0 atom stereocenters. The highest BCUT2D eigenvalue weighted by Crippen LogP contribution is 2.27. The van der Waals surface area contributed by atoms with Gasteiger partial charge >= 0.3 is 0 Å². The Morgan fingerprint density at radius 3 is 2.56 bits per heavy atom. The number of nitro groups is 1. The first kappa shape index (κ1) is 19.4. The molecule has 142 valence electrons. The Morgan fingerprint density at radius 2 is 1.89 bits per heavy atom. The van der Waals surface area contributed by atoms with E-state index in [-0.39, 0.29) is 28.8 Å². The average molecular weight is 410 g/mol. The summed E-state index contributed by atoms with van der Waals surface area (Å²) in [7, 11) is 0. The van der Waals surface area contributed by atoms with Crippen LogP contribution in [0, 0.1) is 10.1 Å². The van der Waals surface area contributed by atoms with Crippen LogP contribution in [-0.4, -0.2) is 43.6 Å². The number of hydrogen-bond acceptors (Lipinski definition) is 4. The third-order valence-corrected chi connectivity index (χ3v) is 5.06. The summed E-state index contributed by atoms with van der Waals surface area (Å²) in [6.07, 6.45) is 0. The fraction of sp³-hybridized carbons (Fsp3) is 0.278. The zero-order chi connectivity index (χ0) is 19.4. The monoisotopic (exact) mass is 409 g/mol. The number of rotatable bonds is 5. The number of piperazine rings is 1. The third kappa shape index (κ3) is 4.88. The Labute approximate surface area is 166 Å². The molecule has 0 aromatic heterocycles. The first-order valence-corrected chi connectivity index (χ1v) is 9.26. The molecule has 1 heterocycles. The number of para-hydroxylation sites is 1. The molecule has 0 saturated carbocycles. The lowest BCUT2D eigenvalue weighted by atomic mass is 10.2. The number of benzene rings is 2. The first-order chi connectivity index (χ1) is 12.9. The van der Waals surface area contributed by atoms with Gasteiger partial charge in [-0.15, -0.1) is 0 Å². The molecule has 0 radical (unpaired) electrons. The fourth-order valence-corrected chi connectivity index (χ4v) is 3.55. The van der Waals surface area contributed by atoms with E-state index >= 15 is 0 Å². The van der Waals surface area contributed by atoms with Gasteiger partial charge in [0, 0.05) is 11.1 Å². The van der Waals surface area contributed by atoms with Crippen LogP contribution in [0.5, 0.6) is 0 Å². The van der Waals surface area contributed by atoms with Crippen molar-refractivity contribution in [2.75, 3.05) is 42.9 Å². The Balaban J connectivity index is 1.56. The minimum absolute atomic E-state index is 0.156. The van der Waals surface area contributed by atoms with E-state index in [1.807, 2.05) is 24.3 Å². The van der Waals surface area contributed by atoms with Gasteiger partial charge in [0.2, 0.25) is 0 Å². The van der Waals surface area contributed by atoms with Crippen molar-refractivity contribution in [1.29, 1.82) is 0 Å². The molecule has 2 aromatic rings. The van der Waals surface area contributed by atoms with Crippen LogP contribution in [0.4, 0.5) is 17.1 Å². The van der Waals surface area contributed by atoms with Gasteiger partial charge in [-0.1, -0.05) is 35.3 Å². The van der Waals surface area contributed by atoms with Gasteiger partial charge in [-0.3, -0.25) is 14.9 Å². The lowest BCUT2D eigenvalue weighted by molar-refractivity contribution is -0.892. The molecule has 0 spiro atoms. The normalized spacial score (nSPS) is 14.8. The molecule has 1 saturated heterocycles. The van der Waals surface area contributed by atoms with Crippen LogP contribution in [-0.2, 0) is 4.79 Å². The fourth-order valence-electron chi connectivity index (χ4n) is 3.13. The molecule has 0 aliphatic carbocycles. The molecule has 3 rings (SSSR count). The zero-order valence-electron chi connectivity index (χ0n) is 14.5. The van der Waals surface area contributed by atoms with Crippen LogP contribution < -0.4 is 15.1 Å². The molecule has 27 heavy (non-hydrogen) atoms. The molecular formula is C18H19Cl2N4O3+. The van der Waals surface area contributed by atoms with Gasteiger partial charge in [-0.25, -0.2) is 0 Å². The maximum Gasteiger partial charge on any atom is 0.294 e. The number of hydrogen-bond donors (Lipinski definition) is 2. The summed E-state index contributed by atoms with van der Waals surface area (Å²) in [5.74, 6) is -0.262. The van der Waals surface area contributed by atoms with Gasteiger partial charge < -0.3 is 15.1 Å². The molecular weight excluding hydrogens is 391 g/mol. The first-order valence-electron chi connectivity index (χ1n) is 8.51. The summed E-state index contributed by atoms with van der Waals surface area (Å²) in [5, 5.41) is 14.7. The number of amides is 1. The predicted octanol–water partition coefficient (Wildman–Crippen LogP) is 2.25. The van der Waals surface area contributed by atoms with Crippen molar-refractivity contribution in [2.24, 2.45) is 0 Å². The van der Waals surface area contributed by atoms with Crippen molar-refractivity contribution in [3.8, 4) is 0 Å². The van der Waals surface area contributed by atoms with Crippen molar-refractivity contribution >= 4 is 46.2 Å². The molecule has 1 amide bonds. The quantitative estimate of drug-likeness (QED) is 0.586. The van der Waals surface area contributed by atoms with Crippen molar-refractivity contribution < 1.29 is 14.6 Å². The summed E-state index contributed by atoms with van der Waals surface area (Å²) < 4.78 is 0. The lowest BCUT2D eigenvalue weighted by Gasteiger charge is -2.33. The minimum Gasteiger partial charge on any atom is -0.359 e. The zero-order valence-corrected chi connectivity index (χ0v) is 16.0. The van der Waals surface area contributed by atoms with E-state index in [2.05, 4.69) is 10.2 Å².